The van der Waals surface area contributed by atoms with Crippen molar-refractivity contribution in [2.45, 2.75) is 44.8 Å². The Morgan fingerprint density at radius 1 is 1.17 bits per heavy atom. The fourth-order valence-corrected chi connectivity index (χ4v) is 2.43. The third kappa shape index (κ3) is 6.79. The Kier molecular flexibility index (Phi) is 8.50. The van der Waals surface area contributed by atoms with Gasteiger partial charge < -0.3 is 14.9 Å². The quantitative estimate of drug-likeness (QED) is 0.337. The average Bonchev–Trinajstić information content (AvgIpc) is 3.26. The van der Waals surface area contributed by atoms with Gasteiger partial charge in [0.15, 0.2) is 0 Å². The molecule has 2 rings (SSSR count). The predicted octanol–water partition coefficient (Wildman–Crippen LogP) is 3.44. The summed E-state index contributed by atoms with van der Waals surface area (Å²) in [6.45, 7) is 6.31. The predicted molar refractivity (Wildman–Crippen MR) is 92.1 cm³/mol. The molecular formula is C19H24O5. The van der Waals surface area contributed by atoms with E-state index in [9.17, 15) is 9.59 Å². The summed E-state index contributed by atoms with van der Waals surface area (Å²) >= 11 is 0. The minimum atomic E-state index is -1.23. The number of allylic oxidation sites excluding steroid dienone is 4. The summed E-state index contributed by atoms with van der Waals surface area (Å²) in [5, 5.41) is 17.7. The Labute approximate surface area is 142 Å². The molecule has 5 heteroatoms. The largest absolute Gasteiger partial charge is 0.478 e. The zero-order valence-corrected chi connectivity index (χ0v) is 13.7. The first-order chi connectivity index (χ1) is 11.5. The highest BCUT2D eigenvalue weighted by Gasteiger charge is 2.17. The maximum absolute atomic E-state index is 11.1. The normalized spacial score (nSPS) is 17.8. The second-order valence-electron chi connectivity index (χ2n) is 5.42. The molecule has 0 aromatic heterocycles. The van der Waals surface area contributed by atoms with E-state index in [2.05, 4.69) is 30.0 Å². The molecule has 0 aliphatic heterocycles. The van der Waals surface area contributed by atoms with E-state index < -0.39 is 18.2 Å². The van der Waals surface area contributed by atoms with Crippen molar-refractivity contribution < 1.29 is 24.5 Å². The molecule has 1 unspecified atom stereocenters. The van der Waals surface area contributed by atoms with E-state index in [1.807, 2.05) is 6.08 Å². The summed E-state index contributed by atoms with van der Waals surface area (Å²) in [6, 6.07) is 0. The van der Waals surface area contributed by atoms with Crippen LogP contribution in [-0.2, 0) is 14.3 Å². The Bertz CT molecular complexity index is 581. The van der Waals surface area contributed by atoms with Crippen LogP contribution in [0.15, 0.2) is 60.3 Å². The van der Waals surface area contributed by atoms with Crippen molar-refractivity contribution in [1.82, 2.24) is 0 Å². The molecular weight excluding hydrogens is 308 g/mol. The van der Waals surface area contributed by atoms with E-state index in [-0.39, 0.29) is 0 Å². The van der Waals surface area contributed by atoms with Gasteiger partial charge in [-0.05, 0) is 56.3 Å². The second kappa shape index (κ2) is 10.4. The number of aliphatic hydroxyl groups excluding tert-OH is 1. The Morgan fingerprint density at radius 3 is 2.29 bits per heavy atom. The number of carbonyl (C=O) groups excluding carboxylic acids is 1. The van der Waals surface area contributed by atoms with Crippen molar-refractivity contribution in [2.24, 2.45) is 0 Å². The van der Waals surface area contributed by atoms with Crippen LogP contribution in [0.4, 0.5) is 0 Å². The van der Waals surface area contributed by atoms with Gasteiger partial charge in [-0.3, -0.25) is 0 Å². The van der Waals surface area contributed by atoms with E-state index >= 15 is 0 Å². The van der Waals surface area contributed by atoms with Gasteiger partial charge in [-0.15, -0.1) is 0 Å². The average molecular weight is 332 g/mol. The van der Waals surface area contributed by atoms with E-state index in [0.717, 1.165) is 56.3 Å². The molecule has 0 saturated heterocycles. The fraction of sp³-hybridized carbons (Fsp3) is 0.368. The van der Waals surface area contributed by atoms with Gasteiger partial charge in [0, 0.05) is 6.08 Å². The first-order valence-electron chi connectivity index (χ1n) is 7.95. The van der Waals surface area contributed by atoms with Gasteiger partial charge in [0.05, 0.1) is 5.57 Å². The molecule has 2 N–H and O–H groups in total. The number of carbonyl (C=O) groups is 2. The third-order valence-corrected chi connectivity index (χ3v) is 3.63. The van der Waals surface area contributed by atoms with Crippen molar-refractivity contribution in [3.63, 3.8) is 0 Å². The molecule has 0 fully saturated rings. The summed E-state index contributed by atoms with van der Waals surface area (Å²) in [4.78, 5) is 21.4. The topological polar surface area (TPSA) is 83.8 Å². The van der Waals surface area contributed by atoms with Crippen LogP contribution in [0.3, 0.4) is 0 Å². The summed E-state index contributed by atoms with van der Waals surface area (Å²) in [5.41, 5.74) is 2.73. The maximum Gasteiger partial charge on any atom is 0.335 e. The number of esters is 1. The number of hydrogen-bond acceptors (Lipinski definition) is 4. The van der Waals surface area contributed by atoms with Crippen LogP contribution >= 0.6 is 0 Å². The van der Waals surface area contributed by atoms with Crippen LogP contribution in [0.25, 0.3) is 0 Å². The van der Waals surface area contributed by atoms with Crippen LogP contribution < -0.4 is 0 Å². The molecule has 0 radical (unpaired) electrons. The Balaban J connectivity index is 0.000000277. The molecule has 2 aliphatic carbocycles. The highest BCUT2D eigenvalue weighted by Crippen LogP contribution is 2.28. The van der Waals surface area contributed by atoms with Crippen molar-refractivity contribution in [2.75, 3.05) is 0 Å². The van der Waals surface area contributed by atoms with Crippen molar-refractivity contribution in [3.8, 4) is 0 Å². The molecule has 24 heavy (non-hydrogen) atoms. The fourth-order valence-electron chi connectivity index (χ4n) is 2.43. The van der Waals surface area contributed by atoms with Crippen molar-refractivity contribution in [1.29, 1.82) is 0 Å². The lowest BCUT2D eigenvalue weighted by atomic mass is 10.0. The number of rotatable bonds is 6. The monoisotopic (exact) mass is 332 g/mol. The summed E-state index contributed by atoms with van der Waals surface area (Å²) in [5.74, 6) is -1.45. The lowest BCUT2D eigenvalue weighted by Gasteiger charge is -2.03. The lowest BCUT2D eigenvalue weighted by molar-refractivity contribution is -0.154. The van der Waals surface area contributed by atoms with Gasteiger partial charge in [0.25, 0.3) is 0 Å². The van der Waals surface area contributed by atoms with Crippen molar-refractivity contribution >= 4 is 11.9 Å². The molecule has 1 atom stereocenters. The number of carboxylic acids is 1. The lowest BCUT2D eigenvalue weighted by Crippen LogP contribution is -2.12. The van der Waals surface area contributed by atoms with Gasteiger partial charge in [0.2, 0.25) is 6.29 Å². The van der Waals surface area contributed by atoms with Gasteiger partial charge in [-0.1, -0.05) is 30.9 Å². The van der Waals surface area contributed by atoms with Crippen LogP contribution in [0.5, 0.6) is 0 Å². The molecule has 0 spiro atoms. The minimum Gasteiger partial charge on any atom is -0.478 e. The Morgan fingerprint density at radius 2 is 1.83 bits per heavy atom. The summed E-state index contributed by atoms with van der Waals surface area (Å²) < 4.78 is 4.23. The van der Waals surface area contributed by atoms with Crippen LogP contribution in [0.1, 0.15) is 38.5 Å². The van der Waals surface area contributed by atoms with Crippen LogP contribution in [-0.4, -0.2) is 28.4 Å². The molecule has 0 amide bonds. The molecule has 130 valence electrons. The minimum absolute atomic E-state index is 0.514. The van der Waals surface area contributed by atoms with E-state index in [4.69, 9.17) is 10.2 Å². The third-order valence-electron chi connectivity index (χ3n) is 3.63. The number of hydrogen-bond donors (Lipinski definition) is 2. The van der Waals surface area contributed by atoms with Gasteiger partial charge in [-0.25, -0.2) is 9.59 Å². The standard InChI is InChI=1S/C13H16O2.C6H8O3/c14-13(15)12(11-7-3-4-8-11)9-10-5-1-2-6-10;1-3-5(7)9-6(8)4-2/h5,7,9H,1-4,6,8H2,(H,14,15);3-5,7H,1-2H2. The molecule has 0 heterocycles. The molecule has 0 saturated carbocycles. The van der Waals surface area contributed by atoms with Crippen LogP contribution in [0.2, 0.25) is 0 Å². The van der Waals surface area contributed by atoms with E-state index in [0.29, 0.717) is 5.57 Å². The van der Waals surface area contributed by atoms with Crippen molar-refractivity contribution in [3.05, 3.63) is 60.3 Å². The molecule has 5 nitrogen and oxygen atoms in total. The van der Waals surface area contributed by atoms with E-state index in [1.54, 1.807) is 0 Å². The second-order valence-corrected chi connectivity index (χ2v) is 5.42. The Hall–Kier alpha value is -2.40. The van der Waals surface area contributed by atoms with E-state index in [1.165, 1.54) is 5.57 Å². The maximum atomic E-state index is 11.1. The smallest absolute Gasteiger partial charge is 0.335 e. The van der Waals surface area contributed by atoms with Gasteiger partial charge in [-0.2, -0.15) is 0 Å². The van der Waals surface area contributed by atoms with Gasteiger partial charge in [0.1, 0.15) is 0 Å². The summed E-state index contributed by atoms with van der Waals surface area (Å²) in [6.07, 6.45) is 13.3. The number of ether oxygens (including phenoxy) is 1. The number of aliphatic hydroxyl groups is 1. The zero-order valence-electron chi connectivity index (χ0n) is 13.7. The molecule has 0 bridgehead atoms. The highest BCUT2D eigenvalue weighted by atomic mass is 16.6. The highest BCUT2D eigenvalue weighted by molar-refractivity contribution is 5.92. The number of carboxylic acid groups (broad SMARTS) is 1. The SMILES string of the molecule is C=CC(=O)OC(O)C=C.O=C(O)C(=CC1=CCCC1)C1=CCCC1. The molecule has 0 aromatic rings. The zero-order chi connectivity index (χ0) is 17.9. The van der Waals surface area contributed by atoms with Gasteiger partial charge >= 0.3 is 11.9 Å². The molecule has 0 aromatic carbocycles. The summed E-state index contributed by atoms with van der Waals surface area (Å²) in [7, 11) is 0. The first-order valence-corrected chi connectivity index (χ1v) is 7.95. The van der Waals surface area contributed by atoms with Crippen LogP contribution in [0, 0.1) is 0 Å². The molecule has 2 aliphatic rings. The number of aliphatic carboxylic acids is 1. The first kappa shape index (κ1) is 19.6.